The Hall–Kier alpha value is -2.36. The van der Waals surface area contributed by atoms with Crippen molar-refractivity contribution in [3.63, 3.8) is 0 Å². The maximum Gasteiger partial charge on any atom is 0.257 e. The third-order valence-electron chi connectivity index (χ3n) is 3.96. The van der Waals surface area contributed by atoms with E-state index in [4.69, 9.17) is 11.6 Å². The molecule has 0 bridgehead atoms. The molecule has 2 amide bonds. The van der Waals surface area contributed by atoms with Gasteiger partial charge in [-0.05, 0) is 24.1 Å². The van der Waals surface area contributed by atoms with E-state index in [9.17, 15) is 14.9 Å². The minimum absolute atomic E-state index is 0.00853. The Morgan fingerprint density at radius 3 is 2.79 bits per heavy atom. The number of hydrogen-bond acceptors (Lipinski definition) is 4. The minimum atomic E-state index is -0.348. The van der Waals surface area contributed by atoms with Crippen LogP contribution in [-0.2, 0) is 17.8 Å². The fourth-order valence-electron chi connectivity index (χ4n) is 2.69. The standard InChI is InChI=1S/C17H14ClN3O2S/c1-10(22)21-7-6-11-13(8-19)17(24-15(11)9-21)20-16(23)12-4-2-3-5-14(12)18/h2-5H,6-7,9H2,1H3,(H,20,23). The summed E-state index contributed by atoms with van der Waals surface area (Å²) in [5.74, 6) is -0.340. The van der Waals surface area contributed by atoms with Gasteiger partial charge in [-0.1, -0.05) is 23.7 Å². The maximum atomic E-state index is 12.4. The van der Waals surface area contributed by atoms with Crippen molar-refractivity contribution in [3.8, 4) is 6.07 Å². The number of amides is 2. The van der Waals surface area contributed by atoms with Gasteiger partial charge < -0.3 is 10.2 Å². The smallest absolute Gasteiger partial charge is 0.257 e. The Kier molecular flexibility index (Phi) is 4.56. The predicted molar refractivity (Wildman–Crippen MR) is 93.2 cm³/mol. The number of thiophene rings is 1. The highest BCUT2D eigenvalue weighted by Crippen LogP contribution is 2.37. The van der Waals surface area contributed by atoms with Gasteiger partial charge in [-0.3, -0.25) is 9.59 Å². The van der Waals surface area contributed by atoms with E-state index in [-0.39, 0.29) is 11.8 Å². The van der Waals surface area contributed by atoms with Crippen molar-refractivity contribution in [1.29, 1.82) is 5.26 Å². The maximum absolute atomic E-state index is 12.4. The quantitative estimate of drug-likeness (QED) is 0.892. The summed E-state index contributed by atoms with van der Waals surface area (Å²) in [5, 5.41) is 13.1. The van der Waals surface area contributed by atoms with Crippen LogP contribution in [0, 0.1) is 11.3 Å². The number of halogens is 1. The van der Waals surface area contributed by atoms with E-state index >= 15 is 0 Å². The van der Waals surface area contributed by atoms with Crippen LogP contribution in [0.2, 0.25) is 5.02 Å². The molecule has 1 aliphatic rings. The van der Waals surface area contributed by atoms with E-state index in [0.29, 0.717) is 40.7 Å². The topological polar surface area (TPSA) is 73.2 Å². The number of nitrogens with zero attached hydrogens (tertiary/aromatic N) is 2. The van der Waals surface area contributed by atoms with Gasteiger partial charge in [-0.2, -0.15) is 5.26 Å². The molecule has 0 fully saturated rings. The monoisotopic (exact) mass is 359 g/mol. The molecule has 0 saturated heterocycles. The van der Waals surface area contributed by atoms with Gasteiger partial charge in [0.05, 0.1) is 22.7 Å². The van der Waals surface area contributed by atoms with Gasteiger partial charge in [0.2, 0.25) is 5.91 Å². The molecule has 5 nitrogen and oxygen atoms in total. The Balaban J connectivity index is 1.90. The van der Waals surface area contributed by atoms with Crippen molar-refractivity contribution < 1.29 is 9.59 Å². The molecule has 0 atom stereocenters. The van der Waals surface area contributed by atoms with Gasteiger partial charge in [-0.25, -0.2) is 0 Å². The van der Waals surface area contributed by atoms with E-state index in [0.717, 1.165) is 10.4 Å². The van der Waals surface area contributed by atoms with E-state index in [2.05, 4.69) is 11.4 Å². The van der Waals surface area contributed by atoms with Gasteiger partial charge in [0.1, 0.15) is 11.1 Å². The van der Waals surface area contributed by atoms with Crippen LogP contribution in [0.5, 0.6) is 0 Å². The van der Waals surface area contributed by atoms with Crippen molar-refractivity contribution in [2.75, 3.05) is 11.9 Å². The molecule has 0 radical (unpaired) electrons. The summed E-state index contributed by atoms with van der Waals surface area (Å²) in [7, 11) is 0. The number of rotatable bonds is 2. The molecule has 3 rings (SSSR count). The number of carbonyl (C=O) groups is 2. The summed E-state index contributed by atoms with van der Waals surface area (Å²) in [6.07, 6.45) is 0.621. The van der Waals surface area contributed by atoms with Crippen molar-refractivity contribution in [2.24, 2.45) is 0 Å². The number of carbonyl (C=O) groups excluding carboxylic acids is 2. The van der Waals surface area contributed by atoms with Crippen LogP contribution in [0.3, 0.4) is 0 Å². The lowest BCUT2D eigenvalue weighted by Gasteiger charge is -2.25. The second-order valence-electron chi connectivity index (χ2n) is 5.44. The van der Waals surface area contributed by atoms with Crippen molar-refractivity contribution in [1.82, 2.24) is 4.90 Å². The normalized spacial score (nSPS) is 13.1. The van der Waals surface area contributed by atoms with Crippen molar-refractivity contribution in [2.45, 2.75) is 19.9 Å². The highest BCUT2D eigenvalue weighted by molar-refractivity contribution is 7.16. The van der Waals surface area contributed by atoms with Crippen LogP contribution >= 0.6 is 22.9 Å². The number of fused-ring (bicyclic) bond motifs is 1. The average Bonchev–Trinajstić information content (AvgIpc) is 2.91. The first-order valence-corrected chi connectivity index (χ1v) is 8.56. The zero-order chi connectivity index (χ0) is 17.3. The van der Waals surface area contributed by atoms with Crippen molar-refractivity contribution in [3.05, 3.63) is 50.9 Å². The Morgan fingerprint density at radius 1 is 1.38 bits per heavy atom. The van der Waals surface area contributed by atoms with Gasteiger partial charge in [0.25, 0.3) is 5.91 Å². The summed E-state index contributed by atoms with van der Waals surface area (Å²) in [6, 6.07) is 8.94. The van der Waals surface area contributed by atoms with Gasteiger partial charge in [-0.15, -0.1) is 11.3 Å². The highest BCUT2D eigenvalue weighted by Gasteiger charge is 2.26. The Morgan fingerprint density at radius 2 is 2.12 bits per heavy atom. The number of anilines is 1. The first kappa shape index (κ1) is 16.5. The number of hydrogen-bond donors (Lipinski definition) is 1. The highest BCUT2D eigenvalue weighted by atomic mass is 35.5. The van der Waals surface area contributed by atoms with Crippen LogP contribution in [0.15, 0.2) is 24.3 Å². The van der Waals surface area contributed by atoms with Gasteiger partial charge in [0, 0.05) is 18.3 Å². The number of nitrogens with one attached hydrogen (secondary N) is 1. The molecule has 0 spiro atoms. The van der Waals surface area contributed by atoms with E-state index in [1.807, 2.05) is 0 Å². The summed E-state index contributed by atoms with van der Waals surface area (Å²) < 4.78 is 0. The second kappa shape index (κ2) is 6.63. The lowest BCUT2D eigenvalue weighted by atomic mass is 10.0. The fourth-order valence-corrected chi connectivity index (χ4v) is 4.12. The average molecular weight is 360 g/mol. The summed E-state index contributed by atoms with van der Waals surface area (Å²) in [4.78, 5) is 26.7. The molecule has 2 aromatic rings. The molecule has 1 aromatic carbocycles. The van der Waals surface area contributed by atoms with Crippen LogP contribution in [0.4, 0.5) is 5.00 Å². The largest absolute Gasteiger partial charge is 0.337 e. The summed E-state index contributed by atoms with van der Waals surface area (Å²) in [6.45, 7) is 2.60. The lowest BCUT2D eigenvalue weighted by Crippen LogP contribution is -2.33. The summed E-state index contributed by atoms with van der Waals surface area (Å²) >= 11 is 7.39. The first-order valence-electron chi connectivity index (χ1n) is 7.37. The van der Waals surface area contributed by atoms with Crippen LogP contribution < -0.4 is 5.32 Å². The molecule has 2 heterocycles. The van der Waals surface area contributed by atoms with Crippen LogP contribution in [-0.4, -0.2) is 23.3 Å². The number of benzene rings is 1. The van der Waals surface area contributed by atoms with E-state index in [1.54, 1.807) is 29.2 Å². The molecule has 7 heteroatoms. The van der Waals surface area contributed by atoms with E-state index < -0.39 is 0 Å². The van der Waals surface area contributed by atoms with E-state index in [1.165, 1.54) is 18.3 Å². The third kappa shape index (κ3) is 3.01. The predicted octanol–water partition coefficient (Wildman–Crippen LogP) is 3.43. The minimum Gasteiger partial charge on any atom is -0.337 e. The Labute approximate surface area is 148 Å². The first-order chi connectivity index (χ1) is 11.5. The zero-order valence-electron chi connectivity index (χ0n) is 12.9. The molecule has 0 unspecified atom stereocenters. The van der Waals surface area contributed by atoms with Crippen LogP contribution in [0.1, 0.15) is 33.3 Å². The van der Waals surface area contributed by atoms with Gasteiger partial charge >= 0.3 is 0 Å². The third-order valence-corrected chi connectivity index (χ3v) is 5.42. The Bertz CT molecular complexity index is 869. The fraction of sp³-hybridized carbons (Fsp3) is 0.235. The van der Waals surface area contributed by atoms with Crippen molar-refractivity contribution >= 4 is 39.8 Å². The molecule has 1 aromatic heterocycles. The zero-order valence-corrected chi connectivity index (χ0v) is 14.5. The molecule has 0 saturated carbocycles. The SMILES string of the molecule is CC(=O)N1CCc2c(sc(NC(=O)c3ccccc3Cl)c2C#N)C1. The number of nitriles is 1. The molecular formula is C17H14ClN3O2S. The lowest BCUT2D eigenvalue weighted by molar-refractivity contribution is -0.129. The molecule has 24 heavy (non-hydrogen) atoms. The molecule has 0 aliphatic carbocycles. The molecule has 1 aliphatic heterocycles. The summed E-state index contributed by atoms with van der Waals surface area (Å²) in [5.41, 5.74) is 1.77. The second-order valence-corrected chi connectivity index (χ2v) is 6.96. The van der Waals surface area contributed by atoms with Gasteiger partial charge in [0.15, 0.2) is 0 Å². The molecule has 122 valence electrons. The molecular weight excluding hydrogens is 346 g/mol. The molecule has 1 N–H and O–H groups in total. The van der Waals surface area contributed by atoms with Crippen LogP contribution in [0.25, 0.3) is 0 Å².